The molecule has 7 nitrogen and oxygen atoms in total. The number of fused-ring (bicyclic) bond motifs is 1. The summed E-state index contributed by atoms with van der Waals surface area (Å²) in [5, 5.41) is 0. The number of anilines is 1. The normalized spacial score (nSPS) is 16.7. The summed E-state index contributed by atoms with van der Waals surface area (Å²) >= 11 is -1.92. The van der Waals surface area contributed by atoms with Crippen molar-refractivity contribution in [3.8, 4) is 5.69 Å². The summed E-state index contributed by atoms with van der Waals surface area (Å²) in [6.07, 6.45) is 6.73. The molecule has 1 atom stereocenters. The summed E-state index contributed by atoms with van der Waals surface area (Å²) in [4.78, 5) is 11.3. The second-order valence-electron chi connectivity index (χ2n) is 6.82. The van der Waals surface area contributed by atoms with E-state index in [4.69, 9.17) is 4.55 Å². The lowest BCUT2D eigenvalue weighted by molar-refractivity contribution is 0.381. The fraction of sp³-hybridized carbons (Fsp3) is 0.368. The van der Waals surface area contributed by atoms with E-state index in [1.165, 1.54) is 0 Å². The number of benzene rings is 1. The van der Waals surface area contributed by atoms with Gasteiger partial charge in [0, 0.05) is 31.5 Å². The Labute approximate surface area is 160 Å². The first-order chi connectivity index (χ1) is 13.2. The molecule has 1 unspecified atom stereocenters. The molecule has 0 saturated carbocycles. The molecule has 0 spiro atoms. The van der Waals surface area contributed by atoms with Crippen molar-refractivity contribution in [2.75, 3.05) is 24.5 Å². The lowest BCUT2D eigenvalue weighted by atomic mass is 9.93. The Hall–Kier alpha value is -2.29. The maximum absolute atomic E-state index is 10.7. The van der Waals surface area contributed by atoms with Gasteiger partial charge in [0.05, 0.1) is 5.69 Å². The van der Waals surface area contributed by atoms with Crippen molar-refractivity contribution in [2.24, 2.45) is 5.92 Å². The van der Waals surface area contributed by atoms with Gasteiger partial charge in [0.1, 0.15) is 11.8 Å². The van der Waals surface area contributed by atoms with Crippen LogP contribution < -0.4 is 9.62 Å². The van der Waals surface area contributed by atoms with Crippen LogP contribution in [-0.4, -0.2) is 42.9 Å². The average Bonchev–Trinajstić information content (AvgIpc) is 3.13. The summed E-state index contributed by atoms with van der Waals surface area (Å²) in [5.74, 6) is 0.577. The predicted molar refractivity (Wildman–Crippen MR) is 107 cm³/mol. The number of para-hydroxylation sites is 1. The van der Waals surface area contributed by atoms with E-state index in [9.17, 15) is 4.21 Å². The van der Waals surface area contributed by atoms with Gasteiger partial charge < -0.3 is 4.90 Å². The van der Waals surface area contributed by atoms with Crippen LogP contribution in [0.5, 0.6) is 0 Å². The number of imidazole rings is 1. The average molecular weight is 385 g/mol. The van der Waals surface area contributed by atoms with Crippen LogP contribution in [0.15, 0.2) is 48.9 Å². The van der Waals surface area contributed by atoms with Gasteiger partial charge in [-0.15, -0.1) is 0 Å². The third-order valence-corrected chi connectivity index (χ3v) is 5.64. The zero-order valence-corrected chi connectivity index (χ0v) is 15.8. The fourth-order valence-electron chi connectivity index (χ4n) is 3.78. The molecule has 1 aliphatic heterocycles. The van der Waals surface area contributed by atoms with Crippen molar-refractivity contribution in [1.29, 1.82) is 0 Å². The fourth-order valence-corrected chi connectivity index (χ4v) is 4.07. The molecule has 1 aromatic carbocycles. The molecule has 2 aromatic heterocycles. The summed E-state index contributed by atoms with van der Waals surface area (Å²) in [5.41, 5.74) is 4.04. The quantitative estimate of drug-likeness (QED) is 0.638. The van der Waals surface area contributed by atoms with Gasteiger partial charge >= 0.3 is 0 Å². The van der Waals surface area contributed by atoms with E-state index in [-0.39, 0.29) is 0 Å². The van der Waals surface area contributed by atoms with E-state index < -0.39 is 11.3 Å². The van der Waals surface area contributed by atoms with Gasteiger partial charge in [0.15, 0.2) is 5.65 Å². The molecule has 1 aliphatic rings. The van der Waals surface area contributed by atoms with E-state index in [0.717, 1.165) is 54.9 Å². The zero-order chi connectivity index (χ0) is 18.6. The van der Waals surface area contributed by atoms with Gasteiger partial charge in [-0.1, -0.05) is 18.2 Å². The molecule has 0 aliphatic carbocycles. The number of rotatable bonds is 6. The molecule has 0 amide bonds. The van der Waals surface area contributed by atoms with Crippen LogP contribution >= 0.6 is 0 Å². The van der Waals surface area contributed by atoms with E-state index >= 15 is 0 Å². The first-order valence-electron chi connectivity index (χ1n) is 9.19. The number of nitrogens with one attached hydrogen (secondary N) is 1. The minimum Gasteiger partial charge on any atom is -0.370 e. The van der Waals surface area contributed by atoms with Crippen molar-refractivity contribution in [3.05, 3.63) is 48.9 Å². The van der Waals surface area contributed by atoms with Crippen LogP contribution in [0, 0.1) is 5.92 Å². The van der Waals surface area contributed by atoms with Gasteiger partial charge in [0.25, 0.3) is 0 Å². The lowest BCUT2D eigenvalue weighted by Crippen LogP contribution is -2.35. The van der Waals surface area contributed by atoms with Crippen molar-refractivity contribution < 1.29 is 8.76 Å². The Morgan fingerprint density at radius 3 is 2.67 bits per heavy atom. The molecule has 1 fully saturated rings. The summed E-state index contributed by atoms with van der Waals surface area (Å²) in [6.45, 7) is 2.51. The highest BCUT2D eigenvalue weighted by atomic mass is 32.2. The number of nitrogens with zero attached hydrogens (tertiary/aromatic N) is 4. The van der Waals surface area contributed by atoms with E-state index in [1.807, 2.05) is 30.7 Å². The highest BCUT2D eigenvalue weighted by Gasteiger charge is 2.22. The topological polar surface area (TPSA) is 83.3 Å². The summed E-state index contributed by atoms with van der Waals surface area (Å²) in [7, 11) is 0. The molecule has 3 aromatic rings. The molecular weight excluding hydrogens is 362 g/mol. The molecule has 1 saturated heterocycles. The largest absolute Gasteiger partial charge is 0.370 e. The van der Waals surface area contributed by atoms with Crippen LogP contribution in [-0.2, 0) is 11.3 Å². The Kier molecular flexibility index (Phi) is 5.47. The number of aromatic nitrogens is 3. The maximum Gasteiger partial charge on any atom is 0.231 e. The molecule has 27 heavy (non-hydrogen) atoms. The second kappa shape index (κ2) is 8.16. The standard InChI is InChI=1S/C19H23N5O2S/c25-27(26)22-11-6-15-8-12-23(13-9-15)17-7-10-20-19-18(17)24(14-21-19)16-4-2-1-3-5-16/h1-5,7,10,14-15,22H,6,8-9,11-13H2,(H,25,26). The van der Waals surface area contributed by atoms with Gasteiger partial charge in [-0.3, -0.25) is 9.12 Å². The first kappa shape index (κ1) is 18.1. The highest BCUT2D eigenvalue weighted by molar-refractivity contribution is 7.77. The van der Waals surface area contributed by atoms with Crippen molar-refractivity contribution in [2.45, 2.75) is 19.3 Å². The molecule has 0 bridgehead atoms. The van der Waals surface area contributed by atoms with Gasteiger partial charge in [-0.25, -0.2) is 18.9 Å². The van der Waals surface area contributed by atoms with Crippen molar-refractivity contribution in [1.82, 2.24) is 19.3 Å². The van der Waals surface area contributed by atoms with Crippen LogP contribution in [0.1, 0.15) is 19.3 Å². The Morgan fingerprint density at radius 2 is 1.93 bits per heavy atom. The third-order valence-electron chi connectivity index (χ3n) is 5.19. The van der Waals surface area contributed by atoms with Gasteiger partial charge in [-0.2, -0.15) is 0 Å². The maximum atomic E-state index is 10.7. The molecular formula is C19H23N5O2S. The predicted octanol–water partition coefficient (Wildman–Crippen LogP) is 2.75. The monoisotopic (exact) mass is 385 g/mol. The Bertz CT molecular complexity index is 922. The van der Waals surface area contributed by atoms with Crippen LogP contribution in [0.4, 0.5) is 5.69 Å². The SMILES string of the molecule is O=S(O)NCCC1CCN(c2ccnc3ncn(-c4ccccc4)c23)CC1. The van der Waals surface area contributed by atoms with Crippen LogP contribution in [0.25, 0.3) is 16.9 Å². The van der Waals surface area contributed by atoms with Gasteiger partial charge in [-0.05, 0) is 43.4 Å². The number of hydrogen-bond acceptors (Lipinski definition) is 4. The van der Waals surface area contributed by atoms with Crippen molar-refractivity contribution in [3.63, 3.8) is 0 Å². The van der Waals surface area contributed by atoms with E-state index in [0.29, 0.717) is 12.5 Å². The lowest BCUT2D eigenvalue weighted by Gasteiger charge is -2.34. The minimum atomic E-state index is -1.92. The zero-order valence-electron chi connectivity index (χ0n) is 15.0. The number of piperidine rings is 1. The second-order valence-corrected chi connectivity index (χ2v) is 7.60. The Balaban J connectivity index is 1.53. The highest BCUT2D eigenvalue weighted by Crippen LogP contribution is 2.31. The van der Waals surface area contributed by atoms with Crippen LogP contribution in [0.3, 0.4) is 0 Å². The van der Waals surface area contributed by atoms with Crippen LogP contribution in [0.2, 0.25) is 0 Å². The molecule has 0 radical (unpaired) electrons. The molecule has 142 valence electrons. The first-order valence-corrected chi connectivity index (χ1v) is 10.3. The number of hydrogen-bond donors (Lipinski definition) is 2. The van der Waals surface area contributed by atoms with E-state index in [1.54, 1.807) is 0 Å². The Morgan fingerprint density at radius 1 is 1.15 bits per heavy atom. The molecule has 4 rings (SSSR count). The molecule has 2 N–H and O–H groups in total. The minimum absolute atomic E-state index is 0.577. The van der Waals surface area contributed by atoms with E-state index in [2.05, 4.69) is 42.4 Å². The molecule has 8 heteroatoms. The summed E-state index contributed by atoms with van der Waals surface area (Å²) in [6, 6.07) is 12.3. The third kappa shape index (κ3) is 4.02. The smallest absolute Gasteiger partial charge is 0.231 e. The van der Waals surface area contributed by atoms with Gasteiger partial charge in [0.2, 0.25) is 11.3 Å². The summed E-state index contributed by atoms with van der Waals surface area (Å²) < 4.78 is 24.2. The number of pyridine rings is 1. The molecule has 3 heterocycles. The van der Waals surface area contributed by atoms with Crippen molar-refractivity contribution >= 4 is 28.1 Å².